The van der Waals surface area contributed by atoms with E-state index in [9.17, 15) is 5.26 Å². The first-order chi connectivity index (χ1) is 20.2. The van der Waals surface area contributed by atoms with Crippen LogP contribution in [-0.2, 0) is 0 Å². The van der Waals surface area contributed by atoms with Gasteiger partial charge < -0.3 is 9.47 Å². The Labute approximate surface area is 240 Å². The summed E-state index contributed by atoms with van der Waals surface area (Å²) in [5.41, 5.74) is 10.9. The fraction of sp³-hybridized carbons (Fsp3) is 0.0789. The number of anilines is 2. The van der Waals surface area contributed by atoms with Crippen LogP contribution in [0.5, 0.6) is 0 Å². The van der Waals surface area contributed by atoms with Gasteiger partial charge in [0.2, 0.25) is 0 Å². The second-order valence-electron chi connectivity index (χ2n) is 10.5. The third kappa shape index (κ3) is 4.40. The molecule has 6 aromatic rings. The minimum atomic E-state index is 0.643. The van der Waals surface area contributed by atoms with Crippen molar-refractivity contribution in [2.75, 3.05) is 11.9 Å². The predicted molar refractivity (Wildman–Crippen MR) is 172 cm³/mol. The molecule has 0 fully saturated rings. The van der Waals surface area contributed by atoms with Crippen LogP contribution < -0.4 is 4.90 Å². The molecule has 1 aliphatic carbocycles. The molecule has 0 amide bonds. The Hall–Kier alpha value is -5.33. The zero-order chi connectivity index (χ0) is 27.8. The molecule has 41 heavy (non-hydrogen) atoms. The number of nitrogens with zero attached hydrogens (tertiary/aromatic N) is 3. The van der Waals surface area contributed by atoms with Crippen molar-refractivity contribution in [2.24, 2.45) is 0 Å². The zero-order valence-electron chi connectivity index (χ0n) is 23.0. The standard InChI is InChI=1S/C38H29N3/c1-40(36-19-8-5-16-33(36)28-12-3-2-4-13-28)32-23-27(26-39)22-30(25-32)29-14-11-15-31(24-29)41-37-20-9-6-17-34(37)35-18-7-10-21-38(35)41/h2-3,5-12,14-25H,4,13H2,1H3. The van der Waals surface area contributed by atoms with E-state index in [0.29, 0.717) is 5.56 Å². The summed E-state index contributed by atoms with van der Waals surface area (Å²) >= 11 is 0. The van der Waals surface area contributed by atoms with Crippen molar-refractivity contribution in [3.63, 3.8) is 0 Å². The van der Waals surface area contributed by atoms with Crippen LogP contribution in [0.4, 0.5) is 11.4 Å². The number of hydrogen-bond acceptors (Lipinski definition) is 2. The lowest BCUT2D eigenvalue weighted by molar-refractivity contribution is 1.05. The molecule has 0 radical (unpaired) electrons. The van der Waals surface area contributed by atoms with E-state index in [1.807, 2.05) is 12.1 Å². The van der Waals surface area contributed by atoms with E-state index in [2.05, 4.69) is 144 Å². The van der Waals surface area contributed by atoms with E-state index in [0.717, 1.165) is 41.0 Å². The molecule has 0 aliphatic heterocycles. The molecule has 0 N–H and O–H groups in total. The van der Waals surface area contributed by atoms with Gasteiger partial charge in [0.05, 0.1) is 22.7 Å². The van der Waals surface area contributed by atoms with Gasteiger partial charge in [0, 0.05) is 40.4 Å². The van der Waals surface area contributed by atoms with Gasteiger partial charge in [0.1, 0.15) is 0 Å². The van der Waals surface area contributed by atoms with Gasteiger partial charge in [-0.25, -0.2) is 0 Å². The van der Waals surface area contributed by atoms with Crippen molar-refractivity contribution in [1.29, 1.82) is 5.26 Å². The summed E-state index contributed by atoms with van der Waals surface area (Å²) in [6.07, 6.45) is 8.66. The smallest absolute Gasteiger partial charge is 0.0992 e. The Kier molecular flexibility index (Phi) is 6.22. The zero-order valence-corrected chi connectivity index (χ0v) is 23.0. The molecule has 0 unspecified atom stereocenters. The third-order valence-electron chi connectivity index (χ3n) is 8.08. The summed E-state index contributed by atoms with van der Waals surface area (Å²) in [5, 5.41) is 12.5. The molecule has 0 bridgehead atoms. The van der Waals surface area contributed by atoms with Gasteiger partial charge in [-0.05, 0) is 78.1 Å². The highest BCUT2D eigenvalue weighted by molar-refractivity contribution is 6.09. The SMILES string of the molecule is CN(c1cc(C#N)cc(-c2cccc(-n3c4ccccc4c4ccccc43)c2)c1)c1ccccc1C1=CC=CCC1. The summed E-state index contributed by atoms with van der Waals surface area (Å²) in [4.78, 5) is 2.20. The second kappa shape index (κ2) is 10.3. The molecule has 0 spiro atoms. The van der Waals surface area contributed by atoms with Gasteiger partial charge in [-0.2, -0.15) is 5.26 Å². The van der Waals surface area contributed by atoms with Gasteiger partial charge in [0.25, 0.3) is 0 Å². The van der Waals surface area contributed by atoms with E-state index in [-0.39, 0.29) is 0 Å². The quantitative estimate of drug-likeness (QED) is 0.223. The lowest BCUT2D eigenvalue weighted by atomic mass is 9.95. The third-order valence-corrected chi connectivity index (χ3v) is 8.08. The number of rotatable bonds is 5. The molecule has 1 aromatic heterocycles. The van der Waals surface area contributed by atoms with E-state index in [4.69, 9.17) is 0 Å². The van der Waals surface area contributed by atoms with Crippen molar-refractivity contribution in [1.82, 2.24) is 4.57 Å². The normalized spacial score (nSPS) is 12.8. The average Bonchev–Trinajstić information content (AvgIpc) is 3.39. The number of aromatic nitrogens is 1. The molecule has 1 aliphatic rings. The van der Waals surface area contributed by atoms with E-state index < -0.39 is 0 Å². The van der Waals surface area contributed by atoms with Crippen LogP contribution in [0.3, 0.4) is 0 Å². The topological polar surface area (TPSA) is 32.0 Å². The summed E-state index contributed by atoms with van der Waals surface area (Å²) < 4.78 is 2.33. The first kappa shape index (κ1) is 24.7. The van der Waals surface area contributed by atoms with E-state index in [1.54, 1.807) is 0 Å². The Balaban J connectivity index is 1.34. The summed E-state index contributed by atoms with van der Waals surface area (Å²) in [6, 6.07) is 42.8. The molecule has 3 heteroatoms. The number of para-hydroxylation sites is 3. The maximum atomic E-state index is 10.00. The molecular weight excluding hydrogens is 498 g/mol. The van der Waals surface area contributed by atoms with Crippen LogP contribution in [-0.4, -0.2) is 11.6 Å². The fourth-order valence-electron chi connectivity index (χ4n) is 6.07. The Bertz CT molecular complexity index is 1980. The summed E-state index contributed by atoms with van der Waals surface area (Å²) in [6.45, 7) is 0. The Morgan fingerprint density at radius 3 is 2.20 bits per heavy atom. The molecule has 0 saturated carbocycles. The Morgan fingerprint density at radius 1 is 0.732 bits per heavy atom. The molecule has 1 heterocycles. The molecule has 5 aromatic carbocycles. The van der Waals surface area contributed by atoms with Crippen molar-refractivity contribution >= 4 is 38.8 Å². The maximum absolute atomic E-state index is 10.00. The summed E-state index contributed by atoms with van der Waals surface area (Å²) in [5.74, 6) is 0. The van der Waals surface area contributed by atoms with Crippen LogP contribution in [0.2, 0.25) is 0 Å². The lowest BCUT2D eigenvalue weighted by Gasteiger charge is -2.25. The Morgan fingerprint density at radius 2 is 1.46 bits per heavy atom. The lowest BCUT2D eigenvalue weighted by Crippen LogP contribution is -2.12. The highest BCUT2D eigenvalue weighted by Gasteiger charge is 2.16. The van der Waals surface area contributed by atoms with Gasteiger partial charge in [0.15, 0.2) is 0 Å². The average molecular weight is 528 g/mol. The molecular formula is C38H29N3. The van der Waals surface area contributed by atoms with Crippen molar-refractivity contribution in [3.05, 3.63) is 145 Å². The largest absolute Gasteiger partial charge is 0.344 e. The van der Waals surface area contributed by atoms with Gasteiger partial charge >= 0.3 is 0 Å². The molecule has 196 valence electrons. The second-order valence-corrected chi connectivity index (χ2v) is 10.5. The van der Waals surface area contributed by atoms with Gasteiger partial charge in [-0.1, -0.05) is 85.0 Å². The van der Waals surface area contributed by atoms with Crippen LogP contribution >= 0.6 is 0 Å². The van der Waals surface area contributed by atoms with Crippen LogP contribution in [0, 0.1) is 11.3 Å². The molecule has 3 nitrogen and oxygen atoms in total. The van der Waals surface area contributed by atoms with Crippen molar-refractivity contribution in [3.8, 4) is 22.9 Å². The maximum Gasteiger partial charge on any atom is 0.0992 e. The number of benzene rings is 5. The van der Waals surface area contributed by atoms with Crippen LogP contribution in [0.1, 0.15) is 24.0 Å². The highest BCUT2D eigenvalue weighted by atomic mass is 15.1. The van der Waals surface area contributed by atoms with Crippen molar-refractivity contribution in [2.45, 2.75) is 12.8 Å². The van der Waals surface area contributed by atoms with E-state index in [1.165, 1.54) is 32.9 Å². The number of nitriles is 1. The number of hydrogen-bond donors (Lipinski definition) is 0. The van der Waals surface area contributed by atoms with Gasteiger partial charge in [-0.3, -0.25) is 0 Å². The minimum absolute atomic E-state index is 0.643. The minimum Gasteiger partial charge on any atom is -0.344 e. The van der Waals surface area contributed by atoms with Crippen LogP contribution in [0.25, 0.3) is 44.2 Å². The predicted octanol–water partition coefficient (Wildman–Crippen LogP) is 9.82. The molecule has 0 saturated heterocycles. The fourth-order valence-corrected chi connectivity index (χ4v) is 6.07. The first-order valence-electron chi connectivity index (χ1n) is 14.0. The highest BCUT2D eigenvalue weighted by Crippen LogP contribution is 2.37. The molecule has 0 atom stereocenters. The van der Waals surface area contributed by atoms with E-state index >= 15 is 0 Å². The summed E-state index contributed by atoms with van der Waals surface area (Å²) in [7, 11) is 2.09. The first-order valence-corrected chi connectivity index (χ1v) is 14.0. The monoisotopic (exact) mass is 527 g/mol. The van der Waals surface area contributed by atoms with Crippen LogP contribution in [0.15, 0.2) is 133 Å². The molecule has 7 rings (SSSR count). The number of fused-ring (bicyclic) bond motifs is 3. The van der Waals surface area contributed by atoms with Crippen molar-refractivity contribution < 1.29 is 0 Å². The van der Waals surface area contributed by atoms with Gasteiger partial charge in [-0.15, -0.1) is 0 Å². The number of allylic oxidation sites excluding steroid dienone is 4.